The summed E-state index contributed by atoms with van der Waals surface area (Å²) in [6, 6.07) is 15.5. The van der Waals surface area contributed by atoms with Crippen LogP contribution < -0.4 is 5.73 Å². The molecule has 4 aromatic rings. The number of nitrogens with two attached hydrogens (primary N) is 1. The minimum absolute atomic E-state index is 0.0877. The van der Waals surface area contributed by atoms with Crippen molar-refractivity contribution >= 4 is 27.8 Å². The number of benzene rings is 2. The number of hydrogen-bond acceptors (Lipinski definition) is 4. The summed E-state index contributed by atoms with van der Waals surface area (Å²) in [7, 11) is 3.67. The first-order valence-electron chi connectivity index (χ1n) is 13.4. The third-order valence-corrected chi connectivity index (χ3v) is 8.87. The van der Waals surface area contributed by atoms with Gasteiger partial charge in [0.25, 0.3) is 0 Å². The molecule has 3 heterocycles. The molecule has 0 unspecified atom stereocenters. The third-order valence-electron chi connectivity index (χ3n) is 8.87. The van der Waals surface area contributed by atoms with Gasteiger partial charge in [-0.15, -0.1) is 0 Å². The van der Waals surface area contributed by atoms with Gasteiger partial charge in [0.2, 0.25) is 0 Å². The molecule has 2 bridgehead atoms. The lowest BCUT2D eigenvalue weighted by molar-refractivity contribution is -0.151. The summed E-state index contributed by atoms with van der Waals surface area (Å²) in [5, 5.41) is 2.49. The van der Waals surface area contributed by atoms with Gasteiger partial charge in [-0.25, -0.2) is 0 Å². The molecule has 2 aromatic heterocycles. The number of allylic oxidation sites excluding steroid dienone is 1. The minimum atomic E-state index is -0.204. The van der Waals surface area contributed by atoms with E-state index in [9.17, 15) is 4.79 Å². The molecular formula is C31H36N4O2. The zero-order valence-electron chi connectivity index (χ0n) is 21.9. The number of likely N-dealkylation sites (tertiary alicyclic amines) is 1. The Labute approximate surface area is 217 Å². The minimum Gasteiger partial charge on any atom is -0.469 e. The van der Waals surface area contributed by atoms with E-state index >= 15 is 0 Å². The molecule has 1 aliphatic heterocycles. The fourth-order valence-corrected chi connectivity index (χ4v) is 7.04. The molecule has 0 radical (unpaired) electrons. The van der Waals surface area contributed by atoms with Crippen LogP contribution in [0.15, 0.2) is 60.3 Å². The van der Waals surface area contributed by atoms with Crippen molar-refractivity contribution in [3.8, 4) is 0 Å². The Morgan fingerprint density at radius 2 is 2.03 bits per heavy atom. The van der Waals surface area contributed by atoms with Crippen molar-refractivity contribution in [1.29, 1.82) is 0 Å². The van der Waals surface area contributed by atoms with Gasteiger partial charge in [-0.3, -0.25) is 9.69 Å². The zero-order valence-corrected chi connectivity index (χ0v) is 21.9. The summed E-state index contributed by atoms with van der Waals surface area (Å²) in [4.78, 5) is 23.0. The van der Waals surface area contributed by atoms with E-state index in [0.717, 1.165) is 36.8 Å². The smallest absolute Gasteiger partial charge is 0.310 e. The fourth-order valence-electron chi connectivity index (χ4n) is 7.04. The van der Waals surface area contributed by atoms with Crippen LogP contribution in [0.3, 0.4) is 0 Å². The Morgan fingerprint density at radius 1 is 1.19 bits per heavy atom. The maximum atomic E-state index is 13.3. The van der Waals surface area contributed by atoms with E-state index in [1.54, 1.807) is 0 Å². The summed E-state index contributed by atoms with van der Waals surface area (Å²) >= 11 is 0. The lowest BCUT2D eigenvalue weighted by Crippen LogP contribution is -2.53. The molecule has 1 aliphatic carbocycles. The number of para-hydroxylation sites is 1. The highest BCUT2D eigenvalue weighted by atomic mass is 16.5. The predicted molar refractivity (Wildman–Crippen MR) is 149 cm³/mol. The molecule has 2 aromatic carbocycles. The van der Waals surface area contributed by atoms with Crippen molar-refractivity contribution in [2.75, 3.05) is 27.2 Å². The van der Waals surface area contributed by atoms with Gasteiger partial charge in [-0.05, 0) is 74.5 Å². The molecule has 6 rings (SSSR count). The van der Waals surface area contributed by atoms with Crippen molar-refractivity contribution in [2.24, 2.45) is 17.6 Å². The van der Waals surface area contributed by atoms with E-state index in [1.807, 2.05) is 0 Å². The van der Waals surface area contributed by atoms with Gasteiger partial charge in [0.1, 0.15) is 0 Å². The van der Waals surface area contributed by atoms with Crippen molar-refractivity contribution in [1.82, 2.24) is 14.9 Å². The molecule has 192 valence electrons. The molecular weight excluding hydrogens is 460 g/mol. The number of methoxy groups -OCH3 is 1. The second kappa shape index (κ2) is 9.51. The molecule has 1 fully saturated rings. The molecule has 1 saturated heterocycles. The maximum Gasteiger partial charge on any atom is 0.310 e. The first kappa shape index (κ1) is 24.0. The van der Waals surface area contributed by atoms with Crippen LogP contribution in [0.1, 0.15) is 41.6 Å². The number of hydrogen-bond donors (Lipinski definition) is 3. The largest absolute Gasteiger partial charge is 0.469 e. The predicted octanol–water partition coefficient (Wildman–Crippen LogP) is 4.89. The zero-order chi connectivity index (χ0) is 25.7. The number of piperidine rings is 1. The number of likely N-dealkylation sites (N-methyl/N-ethyl adjacent to an activating group) is 1. The van der Waals surface area contributed by atoms with Crippen LogP contribution >= 0.6 is 0 Å². The van der Waals surface area contributed by atoms with Gasteiger partial charge >= 0.3 is 5.97 Å². The molecule has 0 spiro atoms. The van der Waals surface area contributed by atoms with E-state index in [-0.39, 0.29) is 29.8 Å². The highest BCUT2D eigenvalue weighted by Gasteiger charge is 2.47. The first-order valence-corrected chi connectivity index (χ1v) is 13.4. The SMILES string of the molecule is C/C=C1/CN(C)[C@H]2Cc3c([nH]c4ccccc34)[C@@H](c3ccc4c(CCN)c[nH]c4c3)C[C@H]1[C@@H]2C(=O)OC. The quantitative estimate of drug-likeness (QED) is 0.277. The van der Waals surface area contributed by atoms with E-state index in [0.29, 0.717) is 6.54 Å². The monoisotopic (exact) mass is 496 g/mol. The second-order valence-electron chi connectivity index (χ2n) is 10.7. The van der Waals surface area contributed by atoms with E-state index in [2.05, 4.69) is 83.6 Å². The van der Waals surface area contributed by atoms with Gasteiger partial charge in [0.05, 0.1) is 13.0 Å². The van der Waals surface area contributed by atoms with Crippen LogP contribution in [0.4, 0.5) is 0 Å². The van der Waals surface area contributed by atoms with Gasteiger partial charge in [-0.1, -0.05) is 42.0 Å². The summed E-state index contributed by atoms with van der Waals surface area (Å²) in [5.41, 5.74) is 14.6. The maximum absolute atomic E-state index is 13.3. The van der Waals surface area contributed by atoms with E-state index < -0.39 is 0 Å². The van der Waals surface area contributed by atoms with E-state index in [1.165, 1.54) is 45.8 Å². The van der Waals surface area contributed by atoms with Crippen LogP contribution in [-0.4, -0.2) is 54.1 Å². The summed E-state index contributed by atoms with van der Waals surface area (Å²) in [6.45, 7) is 3.61. The van der Waals surface area contributed by atoms with E-state index in [4.69, 9.17) is 10.5 Å². The van der Waals surface area contributed by atoms with Gasteiger partial charge < -0.3 is 20.4 Å². The van der Waals surface area contributed by atoms with Crippen molar-refractivity contribution < 1.29 is 9.53 Å². The molecule has 4 N–H and O–H groups in total. The number of carbonyl (C=O) groups excluding carboxylic acids is 1. The van der Waals surface area contributed by atoms with Gasteiger partial charge in [0.15, 0.2) is 0 Å². The van der Waals surface area contributed by atoms with Crippen molar-refractivity contribution in [3.05, 3.63) is 82.7 Å². The molecule has 6 heteroatoms. The number of nitrogens with zero attached hydrogens (tertiary/aromatic N) is 1. The second-order valence-corrected chi connectivity index (χ2v) is 10.7. The number of fused-ring (bicyclic) bond motifs is 6. The summed E-state index contributed by atoms with van der Waals surface area (Å²) in [5.74, 6) is -0.0568. The normalized spacial score (nSPS) is 25.2. The van der Waals surface area contributed by atoms with Crippen molar-refractivity contribution in [2.45, 2.75) is 38.1 Å². The Bertz CT molecular complexity index is 1500. The molecule has 37 heavy (non-hydrogen) atoms. The molecule has 2 aliphatic rings. The van der Waals surface area contributed by atoms with Gasteiger partial charge in [0, 0.05) is 52.2 Å². The highest BCUT2D eigenvalue weighted by molar-refractivity contribution is 5.87. The number of rotatable bonds is 4. The van der Waals surface area contributed by atoms with Crippen LogP contribution in [0, 0.1) is 11.8 Å². The molecule has 0 amide bonds. The van der Waals surface area contributed by atoms with Crippen LogP contribution in [0.2, 0.25) is 0 Å². The Balaban J connectivity index is 1.56. The summed E-state index contributed by atoms with van der Waals surface area (Å²) in [6.07, 6.45) is 6.82. The first-order chi connectivity index (χ1) is 18.0. The summed E-state index contributed by atoms with van der Waals surface area (Å²) < 4.78 is 5.43. The number of carbonyl (C=O) groups is 1. The Morgan fingerprint density at radius 3 is 2.81 bits per heavy atom. The molecule has 6 nitrogen and oxygen atoms in total. The molecule has 4 atom stereocenters. The molecule has 0 saturated carbocycles. The Hall–Kier alpha value is -3.35. The van der Waals surface area contributed by atoms with Crippen LogP contribution in [-0.2, 0) is 22.4 Å². The number of aromatic amines is 2. The van der Waals surface area contributed by atoms with Crippen molar-refractivity contribution in [3.63, 3.8) is 0 Å². The Kier molecular flexibility index (Phi) is 6.17. The lowest BCUT2D eigenvalue weighted by Gasteiger charge is -2.46. The van der Waals surface area contributed by atoms with Crippen LogP contribution in [0.25, 0.3) is 21.8 Å². The number of esters is 1. The average Bonchev–Trinajstić information content (AvgIpc) is 3.48. The number of H-pyrrole nitrogens is 2. The highest BCUT2D eigenvalue weighted by Crippen LogP contribution is 2.47. The number of ether oxygens (including phenoxy) is 1. The number of aromatic nitrogens is 2. The third kappa shape index (κ3) is 3.90. The standard InChI is InChI=1S/C31H36N4O2/c1-4-18-17-35(2)28-15-25-22-7-5-6-8-26(22)34-30(25)24(14-23(18)29(28)31(36)37-3)19-9-10-21-20(11-12-32)16-33-27(21)13-19/h4-10,13,16,23-24,28-29,33-34H,11-12,14-15,17,32H2,1-3H3/b18-4-/t23-,24-,28+,29+/m1/s1. The number of nitrogens with one attached hydrogen (secondary N) is 2. The van der Waals surface area contributed by atoms with Gasteiger partial charge in [-0.2, -0.15) is 0 Å². The fraction of sp³-hybridized carbons (Fsp3) is 0.387. The lowest BCUT2D eigenvalue weighted by atomic mass is 9.67. The average molecular weight is 497 g/mol. The van der Waals surface area contributed by atoms with Crippen LogP contribution in [0.5, 0.6) is 0 Å². The topological polar surface area (TPSA) is 87.1 Å².